The first-order chi connectivity index (χ1) is 11.2. The van der Waals surface area contributed by atoms with Crippen LogP contribution in [-0.4, -0.2) is 29.6 Å². The monoisotopic (exact) mass is 354 g/mol. The standard InChI is InChI=1S/C18H27ClN2O3/c1-11(2)7-14(18(23)24)10-20-13(4)8-17(22)21-15-6-5-12(3)16(19)9-15/h5-6,9,11,13-14,20H,7-8,10H2,1-4H3,(H,21,22)(H,23,24). The maximum absolute atomic E-state index is 12.1. The predicted octanol–water partition coefficient (Wildman–Crippen LogP) is 3.70. The largest absolute Gasteiger partial charge is 0.481 e. The van der Waals surface area contributed by atoms with Gasteiger partial charge in [-0.2, -0.15) is 0 Å². The van der Waals surface area contributed by atoms with Gasteiger partial charge in [0.1, 0.15) is 0 Å². The molecule has 0 radical (unpaired) electrons. The molecule has 2 atom stereocenters. The van der Waals surface area contributed by atoms with Gasteiger partial charge in [-0.3, -0.25) is 9.59 Å². The van der Waals surface area contributed by atoms with E-state index in [1.165, 1.54) is 0 Å². The highest BCUT2D eigenvalue weighted by Crippen LogP contribution is 2.20. The first-order valence-electron chi connectivity index (χ1n) is 8.21. The molecule has 24 heavy (non-hydrogen) atoms. The third-order valence-electron chi connectivity index (χ3n) is 3.77. The normalized spacial score (nSPS) is 13.6. The number of carboxylic acids is 1. The van der Waals surface area contributed by atoms with Crippen molar-refractivity contribution >= 4 is 29.2 Å². The SMILES string of the molecule is Cc1ccc(NC(=O)CC(C)NCC(CC(C)C)C(=O)O)cc1Cl. The number of carbonyl (C=O) groups excluding carboxylic acids is 1. The number of hydrogen-bond acceptors (Lipinski definition) is 3. The minimum Gasteiger partial charge on any atom is -0.481 e. The van der Waals surface area contributed by atoms with Crippen LogP contribution in [0, 0.1) is 18.8 Å². The summed E-state index contributed by atoms with van der Waals surface area (Å²) in [5, 5.41) is 15.8. The third kappa shape index (κ3) is 7.32. The summed E-state index contributed by atoms with van der Waals surface area (Å²) in [7, 11) is 0. The van der Waals surface area contributed by atoms with E-state index < -0.39 is 11.9 Å². The van der Waals surface area contributed by atoms with Crippen molar-refractivity contribution in [3.8, 4) is 0 Å². The average molecular weight is 355 g/mol. The minimum absolute atomic E-state index is 0.111. The molecule has 0 aromatic heterocycles. The van der Waals surface area contributed by atoms with Gasteiger partial charge in [-0.25, -0.2) is 0 Å². The summed E-state index contributed by atoms with van der Waals surface area (Å²) in [6.07, 6.45) is 0.878. The molecule has 1 rings (SSSR count). The number of carboxylic acid groups (broad SMARTS) is 1. The zero-order valence-electron chi connectivity index (χ0n) is 14.7. The lowest BCUT2D eigenvalue weighted by atomic mass is 9.97. The number of benzene rings is 1. The van der Waals surface area contributed by atoms with Crippen LogP contribution in [-0.2, 0) is 9.59 Å². The quantitative estimate of drug-likeness (QED) is 0.631. The lowest BCUT2D eigenvalue weighted by Crippen LogP contribution is -2.37. The van der Waals surface area contributed by atoms with Crippen LogP contribution >= 0.6 is 11.6 Å². The van der Waals surface area contributed by atoms with E-state index in [-0.39, 0.29) is 18.4 Å². The topological polar surface area (TPSA) is 78.4 Å². The van der Waals surface area contributed by atoms with Crippen molar-refractivity contribution < 1.29 is 14.7 Å². The van der Waals surface area contributed by atoms with Gasteiger partial charge in [0.2, 0.25) is 5.91 Å². The van der Waals surface area contributed by atoms with Crippen molar-refractivity contribution in [3.63, 3.8) is 0 Å². The van der Waals surface area contributed by atoms with Crippen LogP contribution in [0.25, 0.3) is 0 Å². The molecule has 0 aliphatic rings. The van der Waals surface area contributed by atoms with E-state index in [2.05, 4.69) is 10.6 Å². The summed E-state index contributed by atoms with van der Waals surface area (Å²) >= 11 is 6.04. The molecule has 0 saturated heterocycles. The van der Waals surface area contributed by atoms with Crippen LogP contribution < -0.4 is 10.6 Å². The van der Waals surface area contributed by atoms with E-state index >= 15 is 0 Å². The molecule has 134 valence electrons. The molecule has 0 aliphatic carbocycles. The molecule has 2 unspecified atom stereocenters. The van der Waals surface area contributed by atoms with Crippen LogP contribution in [0.5, 0.6) is 0 Å². The molecule has 0 saturated carbocycles. The molecule has 1 amide bonds. The second kappa shape index (κ2) is 9.64. The van der Waals surface area contributed by atoms with Crippen molar-refractivity contribution in [3.05, 3.63) is 28.8 Å². The number of aryl methyl sites for hydroxylation is 1. The lowest BCUT2D eigenvalue weighted by Gasteiger charge is -2.19. The summed E-state index contributed by atoms with van der Waals surface area (Å²) in [4.78, 5) is 23.3. The van der Waals surface area contributed by atoms with E-state index in [0.717, 1.165) is 5.56 Å². The molecule has 0 bridgehead atoms. The number of amides is 1. The van der Waals surface area contributed by atoms with Crippen molar-refractivity contribution in [2.45, 2.75) is 46.6 Å². The number of anilines is 1. The molecular formula is C18H27ClN2O3. The predicted molar refractivity (Wildman–Crippen MR) is 97.5 cm³/mol. The Morgan fingerprint density at radius 1 is 1.25 bits per heavy atom. The number of hydrogen-bond donors (Lipinski definition) is 3. The Hall–Kier alpha value is -1.59. The highest BCUT2D eigenvalue weighted by Gasteiger charge is 2.20. The summed E-state index contributed by atoms with van der Waals surface area (Å²) in [6, 6.07) is 5.26. The van der Waals surface area contributed by atoms with Gasteiger partial charge in [-0.1, -0.05) is 31.5 Å². The van der Waals surface area contributed by atoms with Gasteiger partial charge in [0.05, 0.1) is 5.92 Å². The van der Waals surface area contributed by atoms with Crippen LogP contribution in [0.1, 0.15) is 39.2 Å². The highest BCUT2D eigenvalue weighted by atomic mass is 35.5. The van der Waals surface area contributed by atoms with Gasteiger partial charge in [0.15, 0.2) is 0 Å². The first-order valence-corrected chi connectivity index (χ1v) is 8.59. The van der Waals surface area contributed by atoms with Crippen LogP contribution in [0.2, 0.25) is 5.02 Å². The molecular weight excluding hydrogens is 328 g/mol. The van der Waals surface area contributed by atoms with Gasteiger partial charge < -0.3 is 15.7 Å². The minimum atomic E-state index is -0.804. The van der Waals surface area contributed by atoms with E-state index in [1.54, 1.807) is 12.1 Å². The van der Waals surface area contributed by atoms with Crippen molar-refractivity contribution in [2.75, 3.05) is 11.9 Å². The summed E-state index contributed by atoms with van der Waals surface area (Å²) in [6.45, 7) is 8.13. The Morgan fingerprint density at radius 2 is 1.92 bits per heavy atom. The van der Waals surface area contributed by atoms with E-state index in [1.807, 2.05) is 33.8 Å². The zero-order valence-corrected chi connectivity index (χ0v) is 15.5. The second-order valence-corrected chi connectivity index (χ2v) is 7.10. The fourth-order valence-electron chi connectivity index (χ4n) is 2.42. The Kier molecular flexibility index (Phi) is 8.22. The molecule has 0 fully saturated rings. The fraction of sp³-hybridized carbons (Fsp3) is 0.556. The van der Waals surface area contributed by atoms with Gasteiger partial charge >= 0.3 is 5.97 Å². The van der Waals surface area contributed by atoms with Gasteiger partial charge in [-0.05, 0) is 43.9 Å². The number of nitrogens with one attached hydrogen (secondary N) is 2. The van der Waals surface area contributed by atoms with Gasteiger partial charge in [0.25, 0.3) is 0 Å². The molecule has 5 nitrogen and oxygen atoms in total. The molecule has 0 spiro atoms. The molecule has 1 aromatic carbocycles. The number of carbonyl (C=O) groups is 2. The van der Waals surface area contributed by atoms with E-state index in [4.69, 9.17) is 11.6 Å². The highest BCUT2D eigenvalue weighted by molar-refractivity contribution is 6.31. The van der Waals surface area contributed by atoms with E-state index in [9.17, 15) is 14.7 Å². The maximum Gasteiger partial charge on any atom is 0.307 e. The summed E-state index contributed by atoms with van der Waals surface area (Å²) < 4.78 is 0. The third-order valence-corrected chi connectivity index (χ3v) is 4.17. The molecule has 0 aliphatic heterocycles. The number of halogens is 1. The number of rotatable bonds is 9. The number of aliphatic carboxylic acids is 1. The zero-order chi connectivity index (χ0) is 18.3. The van der Waals surface area contributed by atoms with Crippen molar-refractivity contribution in [2.24, 2.45) is 11.8 Å². The average Bonchev–Trinajstić information content (AvgIpc) is 2.46. The second-order valence-electron chi connectivity index (χ2n) is 6.69. The Balaban J connectivity index is 2.45. The van der Waals surface area contributed by atoms with Gasteiger partial charge in [-0.15, -0.1) is 0 Å². The lowest BCUT2D eigenvalue weighted by molar-refractivity contribution is -0.142. The Labute approximate surface area is 148 Å². The van der Waals surface area contributed by atoms with Crippen LogP contribution in [0.3, 0.4) is 0 Å². The molecule has 1 aromatic rings. The fourth-order valence-corrected chi connectivity index (χ4v) is 2.60. The Morgan fingerprint density at radius 3 is 2.46 bits per heavy atom. The van der Waals surface area contributed by atoms with E-state index in [0.29, 0.717) is 29.6 Å². The summed E-state index contributed by atoms with van der Waals surface area (Å²) in [5.74, 6) is -1.06. The van der Waals surface area contributed by atoms with Crippen LogP contribution in [0.15, 0.2) is 18.2 Å². The Bertz CT molecular complexity index is 575. The van der Waals surface area contributed by atoms with Crippen molar-refractivity contribution in [1.29, 1.82) is 0 Å². The smallest absolute Gasteiger partial charge is 0.307 e. The maximum atomic E-state index is 12.1. The molecule has 0 heterocycles. The molecule has 3 N–H and O–H groups in total. The van der Waals surface area contributed by atoms with Crippen LogP contribution in [0.4, 0.5) is 5.69 Å². The molecule has 6 heteroatoms. The first kappa shape index (κ1) is 20.5. The summed E-state index contributed by atoms with van der Waals surface area (Å²) in [5.41, 5.74) is 1.61. The van der Waals surface area contributed by atoms with Gasteiger partial charge in [0, 0.05) is 29.7 Å². The van der Waals surface area contributed by atoms with Crippen molar-refractivity contribution in [1.82, 2.24) is 5.32 Å².